The Morgan fingerprint density at radius 2 is 2.05 bits per heavy atom. The average Bonchev–Trinajstić information content (AvgIpc) is 2.53. The molecule has 1 heterocycles. The van der Waals surface area contributed by atoms with Gasteiger partial charge < -0.3 is 14.2 Å². The van der Waals surface area contributed by atoms with Crippen LogP contribution in [0.3, 0.4) is 0 Å². The largest absolute Gasteiger partial charge is 0.465 e. The highest BCUT2D eigenvalue weighted by Crippen LogP contribution is 2.20. The zero-order valence-electron chi connectivity index (χ0n) is 13.5. The van der Waals surface area contributed by atoms with Gasteiger partial charge in [0.2, 0.25) is 0 Å². The van der Waals surface area contributed by atoms with E-state index in [4.69, 9.17) is 14.2 Å². The Labute approximate surface area is 132 Å². The molecule has 1 fully saturated rings. The van der Waals surface area contributed by atoms with Gasteiger partial charge in [-0.25, -0.2) is 4.79 Å². The molecule has 1 aliphatic rings. The summed E-state index contributed by atoms with van der Waals surface area (Å²) in [7, 11) is 0. The molecule has 2 rings (SSSR count). The van der Waals surface area contributed by atoms with Crippen molar-refractivity contribution in [2.24, 2.45) is 5.92 Å². The highest BCUT2D eigenvalue weighted by molar-refractivity contribution is 5.89. The van der Waals surface area contributed by atoms with Crippen molar-refractivity contribution in [2.75, 3.05) is 13.2 Å². The summed E-state index contributed by atoms with van der Waals surface area (Å²) in [4.78, 5) is 11.9. The second kappa shape index (κ2) is 8.79. The molecule has 1 atom stereocenters. The van der Waals surface area contributed by atoms with Gasteiger partial charge in [-0.1, -0.05) is 13.8 Å². The standard InChI is InChI=1S/C18H26O4/c1-14(2)6-5-13-21-18(19)15-8-10-16(11-9-15)22-17-7-3-4-12-20-17/h8-11,14,17H,3-7,12-13H2,1-2H3. The molecule has 0 saturated carbocycles. The molecular formula is C18H26O4. The van der Waals surface area contributed by atoms with E-state index in [1.54, 1.807) is 24.3 Å². The minimum atomic E-state index is -0.274. The molecule has 0 spiro atoms. The fourth-order valence-electron chi connectivity index (χ4n) is 2.37. The summed E-state index contributed by atoms with van der Waals surface area (Å²) in [5.74, 6) is 1.09. The van der Waals surface area contributed by atoms with E-state index in [0.29, 0.717) is 18.1 Å². The molecule has 1 unspecified atom stereocenters. The maximum Gasteiger partial charge on any atom is 0.338 e. The van der Waals surface area contributed by atoms with Crippen LogP contribution in [0.2, 0.25) is 0 Å². The van der Waals surface area contributed by atoms with Crippen LogP contribution in [0.5, 0.6) is 5.75 Å². The molecule has 22 heavy (non-hydrogen) atoms. The maximum atomic E-state index is 11.9. The predicted molar refractivity (Wildman–Crippen MR) is 85.0 cm³/mol. The summed E-state index contributed by atoms with van der Waals surface area (Å²) in [6, 6.07) is 7.07. The molecule has 0 aromatic heterocycles. The molecule has 1 aromatic rings. The summed E-state index contributed by atoms with van der Waals surface area (Å²) >= 11 is 0. The van der Waals surface area contributed by atoms with Gasteiger partial charge in [0.05, 0.1) is 18.8 Å². The number of carbonyl (C=O) groups is 1. The fraction of sp³-hybridized carbons (Fsp3) is 0.611. The Morgan fingerprint density at radius 3 is 2.68 bits per heavy atom. The van der Waals surface area contributed by atoms with E-state index in [-0.39, 0.29) is 12.3 Å². The Hall–Kier alpha value is -1.55. The second-order valence-electron chi connectivity index (χ2n) is 6.11. The van der Waals surface area contributed by atoms with Crippen LogP contribution in [-0.4, -0.2) is 25.5 Å². The third-order valence-corrected chi connectivity index (χ3v) is 3.65. The van der Waals surface area contributed by atoms with Crippen LogP contribution < -0.4 is 4.74 Å². The molecule has 1 aromatic carbocycles. The molecule has 4 nitrogen and oxygen atoms in total. The highest BCUT2D eigenvalue weighted by atomic mass is 16.7. The molecule has 0 bridgehead atoms. The van der Waals surface area contributed by atoms with Gasteiger partial charge in [0.25, 0.3) is 0 Å². The monoisotopic (exact) mass is 306 g/mol. The first-order valence-corrected chi connectivity index (χ1v) is 8.20. The normalized spacial score (nSPS) is 18.2. The fourth-order valence-corrected chi connectivity index (χ4v) is 2.37. The number of esters is 1. The van der Waals surface area contributed by atoms with Gasteiger partial charge in [-0.2, -0.15) is 0 Å². The molecule has 122 valence electrons. The molecule has 1 aliphatic heterocycles. The van der Waals surface area contributed by atoms with Crippen molar-refractivity contribution in [3.63, 3.8) is 0 Å². The SMILES string of the molecule is CC(C)CCCOC(=O)c1ccc(OC2CCCCO2)cc1. The smallest absolute Gasteiger partial charge is 0.338 e. The number of hydrogen-bond acceptors (Lipinski definition) is 4. The van der Waals surface area contributed by atoms with Crippen molar-refractivity contribution in [1.82, 2.24) is 0 Å². The zero-order chi connectivity index (χ0) is 15.8. The predicted octanol–water partition coefficient (Wildman–Crippen LogP) is 4.19. The number of rotatable bonds is 7. The first kappa shape index (κ1) is 16.8. The van der Waals surface area contributed by atoms with Crippen molar-refractivity contribution in [3.8, 4) is 5.75 Å². The lowest BCUT2D eigenvalue weighted by Gasteiger charge is -2.23. The maximum absolute atomic E-state index is 11.9. The van der Waals surface area contributed by atoms with Crippen LogP contribution in [0.1, 0.15) is 56.3 Å². The molecule has 4 heteroatoms. The number of ether oxygens (including phenoxy) is 3. The van der Waals surface area contributed by atoms with Gasteiger partial charge in [0.15, 0.2) is 6.29 Å². The number of benzene rings is 1. The second-order valence-corrected chi connectivity index (χ2v) is 6.11. The van der Waals surface area contributed by atoms with E-state index in [9.17, 15) is 4.79 Å². The van der Waals surface area contributed by atoms with Crippen LogP contribution >= 0.6 is 0 Å². The lowest BCUT2D eigenvalue weighted by molar-refractivity contribution is -0.105. The lowest BCUT2D eigenvalue weighted by atomic mass is 10.1. The van der Waals surface area contributed by atoms with Crippen molar-refractivity contribution in [1.29, 1.82) is 0 Å². The minimum Gasteiger partial charge on any atom is -0.465 e. The molecule has 0 aliphatic carbocycles. The van der Waals surface area contributed by atoms with Crippen LogP contribution in [0.4, 0.5) is 0 Å². The summed E-state index contributed by atoms with van der Waals surface area (Å²) in [6.07, 6.45) is 4.96. The molecule has 1 saturated heterocycles. The van der Waals surface area contributed by atoms with Gasteiger partial charge >= 0.3 is 5.97 Å². The van der Waals surface area contributed by atoms with E-state index in [1.807, 2.05) is 0 Å². The average molecular weight is 306 g/mol. The van der Waals surface area contributed by atoms with E-state index in [0.717, 1.165) is 44.5 Å². The van der Waals surface area contributed by atoms with Gasteiger partial charge in [0.1, 0.15) is 5.75 Å². The van der Waals surface area contributed by atoms with E-state index in [1.165, 1.54) is 0 Å². The summed E-state index contributed by atoms with van der Waals surface area (Å²) in [6.45, 7) is 5.56. The Morgan fingerprint density at radius 1 is 1.27 bits per heavy atom. The van der Waals surface area contributed by atoms with Gasteiger partial charge in [-0.05, 0) is 55.9 Å². The van der Waals surface area contributed by atoms with Gasteiger partial charge in [0, 0.05) is 6.42 Å². The third-order valence-electron chi connectivity index (χ3n) is 3.65. The van der Waals surface area contributed by atoms with Crippen molar-refractivity contribution < 1.29 is 19.0 Å². The number of carbonyl (C=O) groups excluding carboxylic acids is 1. The number of hydrogen-bond donors (Lipinski definition) is 0. The first-order valence-electron chi connectivity index (χ1n) is 8.20. The lowest BCUT2D eigenvalue weighted by Crippen LogP contribution is -2.24. The Balaban J connectivity index is 1.76. The molecular weight excluding hydrogens is 280 g/mol. The Bertz CT molecular complexity index is 447. The molecule has 0 amide bonds. The third kappa shape index (κ3) is 5.68. The van der Waals surface area contributed by atoms with Crippen LogP contribution in [0.15, 0.2) is 24.3 Å². The highest BCUT2D eigenvalue weighted by Gasteiger charge is 2.15. The van der Waals surface area contributed by atoms with Crippen molar-refractivity contribution >= 4 is 5.97 Å². The Kier molecular flexibility index (Phi) is 6.72. The molecule has 0 N–H and O–H groups in total. The van der Waals surface area contributed by atoms with Crippen molar-refractivity contribution in [3.05, 3.63) is 29.8 Å². The van der Waals surface area contributed by atoms with Crippen LogP contribution in [-0.2, 0) is 9.47 Å². The quantitative estimate of drug-likeness (QED) is 0.560. The zero-order valence-corrected chi connectivity index (χ0v) is 13.5. The molecule has 0 radical (unpaired) electrons. The topological polar surface area (TPSA) is 44.8 Å². The first-order chi connectivity index (χ1) is 10.6. The van der Waals surface area contributed by atoms with Gasteiger partial charge in [-0.15, -0.1) is 0 Å². The van der Waals surface area contributed by atoms with Gasteiger partial charge in [-0.3, -0.25) is 0 Å². The van der Waals surface area contributed by atoms with E-state index >= 15 is 0 Å². The van der Waals surface area contributed by atoms with Crippen LogP contribution in [0.25, 0.3) is 0 Å². The minimum absolute atomic E-state index is 0.164. The van der Waals surface area contributed by atoms with Crippen molar-refractivity contribution in [2.45, 2.75) is 52.2 Å². The van der Waals surface area contributed by atoms with Crippen LogP contribution in [0, 0.1) is 5.92 Å². The summed E-state index contributed by atoms with van der Waals surface area (Å²) in [5, 5.41) is 0. The summed E-state index contributed by atoms with van der Waals surface area (Å²) in [5.41, 5.74) is 0.557. The summed E-state index contributed by atoms with van der Waals surface area (Å²) < 4.78 is 16.5. The van der Waals surface area contributed by atoms with E-state index in [2.05, 4.69) is 13.8 Å². The van der Waals surface area contributed by atoms with E-state index < -0.39 is 0 Å².